The molecule has 0 aromatic rings. The van der Waals surface area contributed by atoms with Crippen molar-refractivity contribution in [1.29, 1.82) is 0 Å². The highest BCUT2D eigenvalue weighted by Crippen LogP contribution is 2.15. The van der Waals surface area contributed by atoms with Gasteiger partial charge in [-0.25, -0.2) is 0 Å². The van der Waals surface area contributed by atoms with E-state index in [4.69, 9.17) is 0 Å². The Morgan fingerprint density at radius 2 is 1.22 bits per heavy atom. The average molecular weight is 255 g/mol. The summed E-state index contributed by atoms with van der Waals surface area (Å²) < 4.78 is 0. The Bertz CT molecular complexity index is 145. The molecule has 1 unspecified atom stereocenters. The number of nitrogens with one attached hydrogen (secondary N) is 1. The first-order valence-corrected chi connectivity index (χ1v) is 8.45. The predicted molar refractivity (Wildman–Crippen MR) is 84.2 cm³/mol. The largest absolute Gasteiger partial charge is 0.320 e. The summed E-state index contributed by atoms with van der Waals surface area (Å²) in [5.74, 6) is 0.909. The van der Waals surface area contributed by atoms with Gasteiger partial charge in [-0.1, -0.05) is 84.5 Å². The van der Waals surface area contributed by atoms with E-state index in [2.05, 4.69) is 19.2 Å². The minimum Gasteiger partial charge on any atom is -0.320 e. The third kappa shape index (κ3) is 14.0. The summed E-state index contributed by atoms with van der Waals surface area (Å²) >= 11 is 0. The number of rotatable bonds is 14. The van der Waals surface area contributed by atoms with E-state index in [9.17, 15) is 0 Å². The maximum absolute atomic E-state index is 3.24. The number of unbranched alkanes of at least 4 members (excludes halogenated alkanes) is 9. The van der Waals surface area contributed by atoms with E-state index in [0.717, 1.165) is 5.92 Å². The minimum absolute atomic E-state index is 0.909. The van der Waals surface area contributed by atoms with Crippen LogP contribution in [0.25, 0.3) is 0 Å². The maximum Gasteiger partial charge on any atom is -0.00494 e. The van der Waals surface area contributed by atoms with Gasteiger partial charge in [-0.3, -0.25) is 0 Å². The third-order valence-corrected chi connectivity index (χ3v) is 3.94. The molecule has 0 bridgehead atoms. The Morgan fingerprint density at radius 3 is 1.72 bits per heavy atom. The molecule has 0 aliphatic heterocycles. The maximum atomic E-state index is 3.24. The van der Waals surface area contributed by atoms with Gasteiger partial charge < -0.3 is 5.32 Å². The van der Waals surface area contributed by atoms with Crippen LogP contribution in [-0.2, 0) is 0 Å². The molecule has 0 saturated heterocycles. The lowest BCUT2D eigenvalue weighted by molar-refractivity contribution is 0.448. The molecule has 1 heteroatoms. The Labute approximate surface area is 116 Å². The average Bonchev–Trinajstić information content (AvgIpc) is 2.38. The molecule has 1 N–H and O–H groups in total. The van der Waals surface area contributed by atoms with Gasteiger partial charge in [0.1, 0.15) is 0 Å². The molecular formula is C17H37N. The summed E-state index contributed by atoms with van der Waals surface area (Å²) in [6.45, 7) is 5.86. The summed E-state index contributed by atoms with van der Waals surface area (Å²) in [6, 6.07) is 0. The van der Waals surface area contributed by atoms with Gasteiger partial charge in [0.15, 0.2) is 0 Å². The zero-order valence-electron chi connectivity index (χ0n) is 13.3. The molecule has 0 fully saturated rings. The van der Waals surface area contributed by atoms with Crippen molar-refractivity contribution in [3.8, 4) is 0 Å². The molecule has 0 rings (SSSR count). The van der Waals surface area contributed by atoms with E-state index in [1.807, 2.05) is 7.05 Å². The van der Waals surface area contributed by atoms with Gasteiger partial charge in [0.25, 0.3) is 0 Å². The highest BCUT2D eigenvalue weighted by Gasteiger charge is 2.00. The van der Waals surface area contributed by atoms with Crippen LogP contribution in [0.1, 0.15) is 90.9 Å². The Kier molecular flexibility index (Phi) is 15.0. The topological polar surface area (TPSA) is 12.0 Å². The third-order valence-electron chi connectivity index (χ3n) is 3.94. The number of hydrogen-bond donors (Lipinski definition) is 1. The zero-order chi connectivity index (χ0) is 13.5. The molecule has 0 spiro atoms. The van der Waals surface area contributed by atoms with E-state index in [1.54, 1.807) is 0 Å². The first kappa shape index (κ1) is 18.0. The van der Waals surface area contributed by atoms with Crippen molar-refractivity contribution in [2.75, 3.05) is 13.6 Å². The highest BCUT2D eigenvalue weighted by molar-refractivity contribution is 4.55. The van der Waals surface area contributed by atoms with Crippen LogP contribution in [0.2, 0.25) is 0 Å². The van der Waals surface area contributed by atoms with Crippen LogP contribution in [0.5, 0.6) is 0 Å². The fourth-order valence-corrected chi connectivity index (χ4v) is 2.52. The molecule has 0 radical (unpaired) electrons. The molecule has 110 valence electrons. The fourth-order valence-electron chi connectivity index (χ4n) is 2.52. The van der Waals surface area contributed by atoms with Crippen LogP contribution < -0.4 is 5.32 Å². The Balaban J connectivity index is 3.02. The lowest BCUT2D eigenvalue weighted by Gasteiger charge is -2.10. The summed E-state index contributed by atoms with van der Waals surface area (Å²) in [6.07, 6.45) is 17.3. The normalized spacial score (nSPS) is 12.8. The van der Waals surface area contributed by atoms with Gasteiger partial charge in [-0.2, -0.15) is 0 Å². The second kappa shape index (κ2) is 15.0. The monoisotopic (exact) mass is 255 g/mol. The van der Waals surface area contributed by atoms with Gasteiger partial charge >= 0.3 is 0 Å². The second-order valence-corrected chi connectivity index (χ2v) is 5.97. The Morgan fingerprint density at radius 1 is 0.722 bits per heavy atom. The van der Waals surface area contributed by atoms with Crippen molar-refractivity contribution >= 4 is 0 Å². The molecule has 0 aromatic carbocycles. The SMILES string of the molecule is CCCCCCCCCCCCC(C)CCNC. The van der Waals surface area contributed by atoms with Crippen molar-refractivity contribution in [3.63, 3.8) is 0 Å². The van der Waals surface area contributed by atoms with Gasteiger partial charge in [0, 0.05) is 0 Å². The van der Waals surface area contributed by atoms with Gasteiger partial charge in [-0.05, 0) is 25.9 Å². The van der Waals surface area contributed by atoms with Crippen LogP contribution in [0.15, 0.2) is 0 Å². The molecule has 18 heavy (non-hydrogen) atoms. The van der Waals surface area contributed by atoms with Gasteiger partial charge in [-0.15, -0.1) is 0 Å². The quantitative estimate of drug-likeness (QED) is 0.402. The van der Waals surface area contributed by atoms with Crippen molar-refractivity contribution in [1.82, 2.24) is 5.32 Å². The molecule has 0 aliphatic carbocycles. The lowest BCUT2D eigenvalue weighted by atomic mass is 9.99. The first-order chi connectivity index (χ1) is 8.81. The molecule has 0 aliphatic rings. The van der Waals surface area contributed by atoms with Crippen molar-refractivity contribution in [2.45, 2.75) is 90.9 Å². The van der Waals surface area contributed by atoms with Crippen LogP contribution in [0, 0.1) is 5.92 Å². The zero-order valence-corrected chi connectivity index (χ0v) is 13.3. The lowest BCUT2D eigenvalue weighted by Crippen LogP contribution is -2.11. The van der Waals surface area contributed by atoms with Crippen molar-refractivity contribution in [3.05, 3.63) is 0 Å². The molecule has 0 amide bonds. The molecule has 0 heterocycles. The minimum atomic E-state index is 0.909. The summed E-state index contributed by atoms with van der Waals surface area (Å²) in [7, 11) is 2.05. The van der Waals surface area contributed by atoms with E-state index in [-0.39, 0.29) is 0 Å². The van der Waals surface area contributed by atoms with Crippen LogP contribution in [-0.4, -0.2) is 13.6 Å². The van der Waals surface area contributed by atoms with Crippen LogP contribution >= 0.6 is 0 Å². The summed E-state index contributed by atoms with van der Waals surface area (Å²) in [5.41, 5.74) is 0. The van der Waals surface area contributed by atoms with Gasteiger partial charge in [0.2, 0.25) is 0 Å². The predicted octanol–water partition coefficient (Wildman–Crippen LogP) is 5.54. The van der Waals surface area contributed by atoms with E-state index in [1.165, 1.54) is 83.6 Å². The first-order valence-electron chi connectivity index (χ1n) is 8.45. The Hall–Kier alpha value is -0.0400. The van der Waals surface area contributed by atoms with Crippen molar-refractivity contribution < 1.29 is 0 Å². The summed E-state index contributed by atoms with van der Waals surface area (Å²) in [5, 5.41) is 3.24. The highest BCUT2D eigenvalue weighted by atomic mass is 14.8. The molecular weight excluding hydrogens is 218 g/mol. The van der Waals surface area contributed by atoms with E-state index < -0.39 is 0 Å². The standard InChI is InChI=1S/C17H37N/c1-4-5-6-7-8-9-10-11-12-13-14-17(2)15-16-18-3/h17-18H,4-16H2,1-3H3. The van der Waals surface area contributed by atoms with Gasteiger partial charge in [0.05, 0.1) is 0 Å². The van der Waals surface area contributed by atoms with Crippen LogP contribution in [0.3, 0.4) is 0 Å². The fraction of sp³-hybridized carbons (Fsp3) is 1.00. The van der Waals surface area contributed by atoms with E-state index in [0.29, 0.717) is 0 Å². The molecule has 1 nitrogen and oxygen atoms in total. The molecule has 0 saturated carbocycles. The smallest absolute Gasteiger partial charge is 0.00494 e. The van der Waals surface area contributed by atoms with Crippen molar-refractivity contribution in [2.24, 2.45) is 5.92 Å². The summed E-state index contributed by atoms with van der Waals surface area (Å²) in [4.78, 5) is 0. The molecule has 1 atom stereocenters. The number of hydrogen-bond acceptors (Lipinski definition) is 1. The molecule has 0 aromatic heterocycles. The van der Waals surface area contributed by atoms with E-state index >= 15 is 0 Å². The second-order valence-electron chi connectivity index (χ2n) is 5.97. The van der Waals surface area contributed by atoms with Crippen LogP contribution in [0.4, 0.5) is 0 Å².